The molecule has 332 valence electrons. The summed E-state index contributed by atoms with van der Waals surface area (Å²) in [5.74, 6) is -0.231. The van der Waals surface area contributed by atoms with Crippen LogP contribution >= 0.6 is 34.5 Å². The zero-order valence-corrected chi connectivity index (χ0v) is 37.5. The predicted octanol–water partition coefficient (Wildman–Crippen LogP) is 9.28. The zero-order valence-electron chi connectivity index (χ0n) is 35.1. The van der Waals surface area contributed by atoms with E-state index in [2.05, 4.69) is 74.2 Å². The molecule has 0 atom stereocenters. The van der Waals surface area contributed by atoms with Gasteiger partial charge in [0, 0.05) is 79.4 Å². The number of hydrogen-bond donors (Lipinski definition) is 3. The number of aromatic nitrogens is 6. The molecule has 3 fully saturated rings. The van der Waals surface area contributed by atoms with Crippen molar-refractivity contribution in [2.24, 2.45) is 0 Å². The van der Waals surface area contributed by atoms with Crippen LogP contribution in [0.3, 0.4) is 0 Å². The largest absolute Gasteiger partial charge is 0.372 e. The zero-order chi connectivity index (χ0) is 42.8. The Morgan fingerprint density at radius 1 is 0.581 bits per heavy atom. The lowest BCUT2D eigenvalue weighted by Crippen LogP contribution is -2.36. The molecule has 3 aliphatic heterocycles. The molecular formula is C46H58Cl2FN9O3S. The van der Waals surface area contributed by atoms with Gasteiger partial charge in [0.25, 0.3) is 0 Å². The molecule has 9 rings (SSSR count). The summed E-state index contributed by atoms with van der Waals surface area (Å²) < 4.78 is 31.5. The minimum Gasteiger partial charge on any atom is -0.372 e. The van der Waals surface area contributed by atoms with Crippen molar-refractivity contribution >= 4 is 34.5 Å². The minimum absolute atomic E-state index is 0.231. The number of thiophene rings is 1. The lowest BCUT2D eigenvalue weighted by Gasteiger charge is -2.32. The maximum Gasteiger partial charge on any atom is 0.129 e. The van der Waals surface area contributed by atoms with Gasteiger partial charge in [-0.15, -0.1) is 11.3 Å². The van der Waals surface area contributed by atoms with Crippen LogP contribution in [-0.4, -0.2) is 102 Å². The van der Waals surface area contributed by atoms with Gasteiger partial charge in [0.05, 0.1) is 92.8 Å². The number of ether oxygens (including phenoxy) is 3. The number of imidazole rings is 3. The van der Waals surface area contributed by atoms with Crippen LogP contribution in [0.25, 0.3) is 0 Å². The number of piperidine rings is 3. The fourth-order valence-corrected chi connectivity index (χ4v) is 8.89. The van der Waals surface area contributed by atoms with Crippen LogP contribution in [0.2, 0.25) is 10.0 Å². The number of H-pyrrole nitrogens is 3. The molecule has 0 aliphatic carbocycles. The summed E-state index contributed by atoms with van der Waals surface area (Å²) >= 11 is 13.8. The van der Waals surface area contributed by atoms with Gasteiger partial charge >= 0.3 is 0 Å². The van der Waals surface area contributed by atoms with Gasteiger partial charge in [0.2, 0.25) is 0 Å². The second kappa shape index (κ2) is 24.8. The first-order chi connectivity index (χ1) is 30.4. The fraction of sp³-hybridized carbons (Fsp3) is 0.457. The monoisotopic (exact) mass is 905 g/mol. The Labute approximate surface area is 378 Å². The fourth-order valence-electron chi connectivity index (χ4n) is 7.79. The van der Waals surface area contributed by atoms with Gasteiger partial charge in [0.1, 0.15) is 5.82 Å². The summed E-state index contributed by atoms with van der Waals surface area (Å²) in [5.41, 5.74) is 4.98. The number of likely N-dealkylation sites (tertiary alicyclic amines) is 3. The normalized spacial score (nSPS) is 17.3. The summed E-state index contributed by atoms with van der Waals surface area (Å²) in [5, 5.41) is 3.44. The molecule has 7 heterocycles. The Morgan fingerprint density at radius 3 is 1.47 bits per heavy atom. The third-order valence-electron chi connectivity index (χ3n) is 11.4. The van der Waals surface area contributed by atoms with E-state index in [9.17, 15) is 4.39 Å². The Bertz CT molecular complexity index is 2050. The van der Waals surface area contributed by atoms with Crippen molar-refractivity contribution in [3.8, 4) is 0 Å². The number of aromatic amines is 3. The third-order valence-corrected chi connectivity index (χ3v) is 12.9. The van der Waals surface area contributed by atoms with Crippen LogP contribution in [0.1, 0.15) is 71.6 Å². The van der Waals surface area contributed by atoms with Crippen LogP contribution < -0.4 is 0 Å². The first-order valence-corrected chi connectivity index (χ1v) is 23.2. The molecule has 12 nitrogen and oxygen atoms in total. The van der Waals surface area contributed by atoms with E-state index in [0.29, 0.717) is 49.2 Å². The first kappa shape index (κ1) is 46.0. The average Bonchev–Trinajstić information content (AvgIpc) is 4.16. The van der Waals surface area contributed by atoms with Gasteiger partial charge in [-0.05, 0) is 79.8 Å². The summed E-state index contributed by atoms with van der Waals surface area (Å²) in [7, 11) is 0. The highest BCUT2D eigenvalue weighted by molar-refractivity contribution is 7.09. The Balaban J connectivity index is 0.000000140. The Hall–Kier alpha value is -3.96. The van der Waals surface area contributed by atoms with Crippen LogP contribution in [0.4, 0.5) is 4.39 Å². The van der Waals surface area contributed by atoms with Crippen molar-refractivity contribution in [2.75, 3.05) is 39.3 Å². The van der Waals surface area contributed by atoms with E-state index in [1.165, 1.54) is 16.5 Å². The maximum absolute atomic E-state index is 13.8. The Kier molecular flexibility index (Phi) is 18.4. The third kappa shape index (κ3) is 15.4. The van der Waals surface area contributed by atoms with Crippen molar-refractivity contribution in [3.05, 3.63) is 146 Å². The van der Waals surface area contributed by atoms with Gasteiger partial charge < -0.3 is 29.2 Å². The van der Waals surface area contributed by atoms with Gasteiger partial charge in [-0.2, -0.15) is 0 Å². The second-order valence-electron chi connectivity index (χ2n) is 16.0. The first-order valence-electron chi connectivity index (χ1n) is 21.5. The molecular weight excluding hydrogens is 849 g/mol. The SMILES string of the molecule is Clc1ccc(CN2CCC(OCc3cnc[nH]3)CC2)cc1.Fc1cccc(Cl)c1CN1CCC(OCc2cnc[nH]2)CC1.c1csc(CN2CCC(OCc3cnc[nH]3)CC2)c1. The molecule has 0 radical (unpaired) electrons. The quantitative estimate of drug-likeness (QED) is 0.0926. The number of rotatable bonds is 15. The molecule has 62 heavy (non-hydrogen) atoms. The molecule has 2 aromatic carbocycles. The van der Waals surface area contributed by atoms with E-state index < -0.39 is 0 Å². The van der Waals surface area contributed by atoms with Crippen LogP contribution in [-0.2, 0) is 53.7 Å². The highest BCUT2D eigenvalue weighted by Crippen LogP contribution is 2.24. The molecule has 3 saturated heterocycles. The van der Waals surface area contributed by atoms with Crippen LogP contribution in [0.15, 0.2) is 97.5 Å². The van der Waals surface area contributed by atoms with E-state index >= 15 is 0 Å². The smallest absolute Gasteiger partial charge is 0.129 e. The standard InChI is InChI=1S/C16H19ClFN3O.C16H20ClN3O.C14H19N3OS/c17-15-2-1-3-16(18)14(15)9-21-6-4-13(5-7-21)22-10-12-8-19-11-20-12;17-14-3-1-13(2-4-14)10-20-7-5-16(6-8-20)21-11-15-9-18-12-19-15;1-2-14(19-7-1)9-17-5-3-13(4-6-17)18-10-12-8-15-11-16-12/h1-3,8,11,13H,4-7,9-10H2,(H,19,20);1-4,9,12,16H,5-8,10-11H2,(H,18,19);1-2,7-8,11,13H,3-6,9-10H2,(H,15,16). The molecule has 0 bridgehead atoms. The van der Waals surface area contributed by atoms with Crippen molar-refractivity contribution < 1.29 is 18.6 Å². The van der Waals surface area contributed by atoms with E-state index in [-0.39, 0.29) is 11.9 Å². The molecule has 0 saturated carbocycles. The van der Waals surface area contributed by atoms with Crippen molar-refractivity contribution in [2.45, 2.75) is 96.3 Å². The van der Waals surface area contributed by atoms with Gasteiger partial charge in [-0.25, -0.2) is 19.3 Å². The highest BCUT2D eigenvalue weighted by atomic mass is 35.5. The molecule has 0 spiro atoms. The minimum atomic E-state index is -0.231. The van der Waals surface area contributed by atoms with E-state index in [4.69, 9.17) is 37.4 Å². The molecule has 0 amide bonds. The van der Waals surface area contributed by atoms with Gasteiger partial charge in [-0.1, -0.05) is 47.5 Å². The average molecular weight is 907 g/mol. The maximum atomic E-state index is 13.8. The van der Waals surface area contributed by atoms with Crippen LogP contribution in [0.5, 0.6) is 0 Å². The second-order valence-corrected chi connectivity index (χ2v) is 17.9. The van der Waals surface area contributed by atoms with E-state index in [1.54, 1.807) is 37.3 Å². The summed E-state index contributed by atoms with van der Waals surface area (Å²) in [6.07, 6.45) is 17.8. The Morgan fingerprint density at radius 2 is 1.05 bits per heavy atom. The summed E-state index contributed by atoms with van der Waals surface area (Å²) in [4.78, 5) is 29.8. The van der Waals surface area contributed by atoms with Crippen LogP contribution in [0, 0.1) is 5.82 Å². The molecule has 3 N–H and O–H groups in total. The van der Waals surface area contributed by atoms with Gasteiger partial charge in [0.15, 0.2) is 0 Å². The molecule has 6 aromatic rings. The number of nitrogens with one attached hydrogen (secondary N) is 3. The van der Waals surface area contributed by atoms with Crippen molar-refractivity contribution in [1.82, 2.24) is 44.6 Å². The lowest BCUT2D eigenvalue weighted by molar-refractivity contribution is -0.00529. The molecule has 4 aromatic heterocycles. The molecule has 16 heteroatoms. The lowest BCUT2D eigenvalue weighted by atomic mass is 10.1. The number of hydrogen-bond acceptors (Lipinski definition) is 10. The van der Waals surface area contributed by atoms with Crippen molar-refractivity contribution in [3.63, 3.8) is 0 Å². The number of nitrogens with zero attached hydrogens (tertiary/aromatic N) is 6. The summed E-state index contributed by atoms with van der Waals surface area (Å²) in [6.45, 7) is 10.7. The predicted molar refractivity (Wildman–Crippen MR) is 242 cm³/mol. The summed E-state index contributed by atoms with van der Waals surface area (Å²) in [6, 6.07) is 17.3. The number of halogens is 3. The molecule has 3 aliphatic rings. The highest BCUT2D eigenvalue weighted by Gasteiger charge is 2.23. The molecule has 0 unspecified atom stereocenters. The van der Waals surface area contributed by atoms with E-state index in [0.717, 1.165) is 113 Å². The van der Waals surface area contributed by atoms with E-state index in [1.807, 2.05) is 35.9 Å². The van der Waals surface area contributed by atoms with Crippen molar-refractivity contribution in [1.29, 1.82) is 0 Å². The van der Waals surface area contributed by atoms with Gasteiger partial charge in [-0.3, -0.25) is 14.7 Å². The number of benzene rings is 2. The topological polar surface area (TPSA) is 123 Å².